The van der Waals surface area contributed by atoms with Gasteiger partial charge in [0.25, 0.3) is 0 Å². The van der Waals surface area contributed by atoms with Gasteiger partial charge in [0.2, 0.25) is 0 Å². The van der Waals surface area contributed by atoms with Gasteiger partial charge in [0.1, 0.15) is 0 Å². The van der Waals surface area contributed by atoms with Crippen LogP contribution in [0.4, 0.5) is 0 Å². The van der Waals surface area contributed by atoms with Crippen molar-refractivity contribution in [2.75, 3.05) is 5.75 Å². The fourth-order valence-corrected chi connectivity index (χ4v) is 9.26. The van der Waals surface area contributed by atoms with Crippen molar-refractivity contribution in [3.8, 4) is 0 Å². The minimum Gasteiger partial charge on any atom is -0.393 e. The zero-order valence-corrected chi connectivity index (χ0v) is 20.3. The fourth-order valence-electron chi connectivity index (χ4n) is 7.95. The number of dihydropyridines is 1. The summed E-state index contributed by atoms with van der Waals surface area (Å²) in [5, 5.41) is 21.9. The van der Waals surface area contributed by atoms with Gasteiger partial charge in [-0.2, -0.15) is 0 Å². The zero-order valence-electron chi connectivity index (χ0n) is 19.5. The number of thioether (sulfide) groups is 1. The van der Waals surface area contributed by atoms with Crippen LogP contribution in [0.5, 0.6) is 0 Å². The molecule has 1 heterocycles. The number of hydrogen-bond donors (Lipinski definition) is 2. The third kappa shape index (κ3) is 3.50. The summed E-state index contributed by atoms with van der Waals surface area (Å²) in [5.74, 6) is 2.23. The van der Waals surface area contributed by atoms with Crippen molar-refractivity contribution < 1.29 is 15.0 Å². The number of carbonyl (C=O) groups is 1. The fraction of sp³-hybridized carbons (Fsp3) is 0.704. The molecule has 174 valence electrons. The highest BCUT2D eigenvalue weighted by Gasteiger charge is 2.62. The second-order valence-corrected chi connectivity index (χ2v) is 12.3. The van der Waals surface area contributed by atoms with E-state index in [1.165, 1.54) is 17.3 Å². The molecule has 10 atom stereocenters. The van der Waals surface area contributed by atoms with E-state index in [1.54, 1.807) is 0 Å². The molecule has 0 spiro atoms. The third-order valence-corrected chi connectivity index (χ3v) is 10.7. The van der Waals surface area contributed by atoms with Crippen LogP contribution in [0.25, 0.3) is 0 Å². The number of nitrogens with zero attached hydrogens (tertiary/aromatic N) is 1. The van der Waals surface area contributed by atoms with Crippen LogP contribution < -0.4 is 0 Å². The number of rotatable bonds is 3. The standard InChI is InChI=1S/C27H37NO3S/c1-16-5-4-12-28-22(16)15-32-25(31)21-9-8-20-19-7-6-17-13-18(29)10-11-26(17,2)24(19)23(30)14-27(20,21)3/h4-5,10-13,16,18-24,29-30H,6-9,14-15H2,1-3H3/t16?,18?,19?,20?,21?,22?,23-,24?,26?,27?/m0/s1. The van der Waals surface area contributed by atoms with Gasteiger partial charge < -0.3 is 10.2 Å². The van der Waals surface area contributed by atoms with Crippen molar-refractivity contribution in [3.05, 3.63) is 36.0 Å². The Hall–Kier alpha value is -1.17. The lowest BCUT2D eigenvalue weighted by molar-refractivity contribution is -0.132. The molecule has 5 rings (SSSR count). The Bertz CT molecular complexity index is 893. The van der Waals surface area contributed by atoms with Crippen LogP contribution in [0.1, 0.15) is 52.9 Å². The molecule has 32 heavy (non-hydrogen) atoms. The minimum absolute atomic E-state index is 0.0278. The molecule has 2 N–H and O–H groups in total. The Morgan fingerprint density at radius 1 is 1.22 bits per heavy atom. The normalized spacial score (nSPS) is 49.2. The van der Waals surface area contributed by atoms with Gasteiger partial charge >= 0.3 is 0 Å². The lowest BCUT2D eigenvalue weighted by atomic mass is 9.47. The van der Waals surface area contributed by atoms with E-state index in [-0.39, 0.29) is 28.7 Å². The summed E-state index contributed by atoms with van der Waals surface area (Å²) in [6.45, 7) is 6.70. The molecule has 9 unspecified atom stereocenters. The van der Waals surface area contributed by atoms with Gasteiger partial charge in [0, 0.05) is 29.2 Å². The van der Waals surface area contributed by atoms with Crippen LogP contribution in [0.3, 0.4) is 0 Å². The number of allylic oxidation sites excluding steroid dienone is 3. The van der Waals surface area contributed by atoms with Crippen molar-refractivity contribution in [1.29, 1.82) is 0 Å². The van der Waals surface area contributed by atoms with Gasteiger partial charge in [-0.15, -0.1) is 0 Å². The lowest BCUT2D eigenvalue weighted by Crippen LogP contribution is -2.56. The summed E-state index contributed by atoms with van der Waals surface area (Å²) in [6, 6.07) is 0.178. The van der Waals surface area contributed by atoms with Crippen LogP contribution in [0.15, 0.2) is 40.9 Å². The van der Waals surface area contributed by atoms with E-state index in [9.17, 15) is 15.0 Å². The molecule has 5 heteroatoms. The molecule has 0 aromatic carbocycles. The van der Waals surface area contributed by atoms with E-state index in [0.29, 0.717) is 29.3 Å². The Morgan fingerprint density at radius 2 is 2.03 bits per heavy atom. The molecule has 0 bridgehead atoms. The van der Waals surface area contributed by atoms with Gasteiger partial charge in [-0.05, 0) is 61.3 Å². The largest absolute Gasteiger partial charge is 0.393 e. The predicted molar refractivity (Wildman–Crippen MR) is 131 cm³/mol. The highest BCUT2D eigenvalue weighted by Crippen LogP contribution is 2.66. The quantitative estimate of drug-likeness (QED) is 0.611. The average molecular weight is 456 g/mol. The van der Waals surface area contributed by atoms with E-state index in [4.69, 9.17) is 0 Å². The summed E-state index contributed by atoms with van der Waals surface area (Å²) in [7, 11) is 0. The maximum Gasteiger partial charge on any atom is 0.192 e. The van der Waals surface area contributed by atoms with E-state index >= 15 is 0 Å². The number of aliphatic hydroxyl groups is 2. The number of carbonyl (C=O) groups excluding carboxylic acids is 1. The van der Waals surface area contributed by atoms with Crippen LogP contribution in [0, 0.1) is 40.4 Å². The molecule has 3 saturated carbocycles. The minimum atomic E-state index is -0.502. The van der Waals surface area contributed by atoms with E-state index in [0.717, 1.165) is 31.4 Å². The highest BCUT2D eigenvalue weighted by atomic mass is 32.2. The van der Waals surface area contributed by atoms with Crippen molar-refractivity contribution in [1.82, 2.24) is 0 Å². The maximum absolute atomic E-state index is 13.4. The van der Waals surface area contributed by atoms with Crippen molar-refractivity contribution in [3.63, 3.8) is 0 Å². The van der Waals surface area contributed by atoms with E-state index in [2.05, 4.69) is 37.9 Å². The number of aliphatic hydroxyl groups excluding tert-OH is 2. The van der Waals surface area contributed by atoms with Crippen molar-refractivity contribution in [2.24, 2.45) is 45.4 Å². The third-order valence-electron chi connectivity index (χ3n) is 9.66. The molecular formula is C27H37NO3S. The van der Waals surface area contributed by atoms with Gasteiger partial charge in [-0.25, -0.2) is 0 Å². The van der Waals surface area contributed by atoms with Crippen LogP contribution >= 0.6 is 11.8 Å². The first-order valence-electron chi connectivity index (χ1n) is 12.4. The summed E-state index contributed by atoms with van der Waals surface area (Å²) in [4.78, 5) is 18.0. The first kappa shape index (κ1) is 22.6. The van der Waals surface area contributed by atoms with Crippen LogP contribution in [0.2, 0.25) is 0 Å². The number of aliphatic imine (C=N–C) groups is 1. The molecule has 5 aliphatic rings. The molecule has 0 amide bonds. The van der Waals surface area contributed by atoms with Crippen LogP contribution in [-0.4, -0.2) is 45.5 Å². The molecule has 3 fully saturated rings. The summed E-state index contributed by atoms with van der Waals surface area (Å²) in [5.41, 5.74) is 0.984. The van der Waals surface area contributed by atoms with Crippen molar-refractivity contribution in [2.45, 2.75) is 71.1 Å². The molecule has 0 saturated heterocycles. The first-order chi connectivity index (χ1) is 15.2. The summed E-state index contributed by atoms with van der Waals surface area (Å²) >= 11 is 1.47. The Balaban J connectivity index is 1.33. The Morgan fingerprint density at radius 3 is 2.81 bits per heavy atom. The Kier molecular flexibility index (Phi) is 5.83. The molecular weight excluding hydrogens is 418 g/mol. The number of fused-ring (bicyclic) bond motifs is 5. The monoisotopic (exact) mass is 455 g/mol. The molecule has 4 nitrogen and oxygen atoms in total. The SMILES string of the molecule is CC1C=CC=NC1CSC(=O)C1CCC2C3CCC4=CC(O)C=CC4(C)C3[C@@H](O)CC12C. The number of hydrogen-bond acceptors (Lipinski definition) is 5. The van der Waals surface area contributed by atoms with Gasteiger partial charge in [0.05, 0.1) is 18.2 Å². The second-order valence-electron chi connectivity index (χ2n) is 11.3. The first-order valence-corrected chi connectivity index (χ1v) is 13.4. The lowest BCUT2D eigenvalue weighted by Gasteiger charge is -2.58. The topological polar surface area (TPSA) is 69.9 Å². The Labute approximate surface area is 196 Å². The van der Waals surface area contributed by atoms with Gasteiger partial charge in [-0.1, -0.05) is 62.4 Å². The average Bonchev–Trinajstić information content (AvgIpc) is 3.09. The predicted octanol–water partition coefficient (Wildman–Crippen LogP) is 4.58. The van der Waals surface area contributed by atoms with Crippen LogP contribution in [-0.2, 0) is 4.79 Å². The van der Waals surface area contributed by atoms with E-state index < -0.39 is 12.2 Å². The van der Waals surface area contributed by atoms with Gasteiger partial charge in [0.15, 0.2) is 5.12 Å². The molecule has 4 aliphatic carbocycles. The molecule has 0 radical (unpaired) electrons. The molecule has 0 aromatic rings. The molecule has 0 aromatic heterocycles. The highest BCUT2D eigenvalue weighted by molar-refractivity contribution is 8.13. The zero-order chi connectivity index (χ0) is 22.7. The van der Waals surface area contributed by atoms with E-state index in [1.807, 2.05) is 24.4 Å². The summed E-state index contributed by atoms with van der Waals surface area (Å²) < 4.78 is 0. The maximum atomic E-state index is 13.4. The second kappa shape index (κ2) is 8.25. The molecule has 1 aliphatic heterocycles. The van der Waals surface area contributed by atoms with Gasteiger partial charge in [-0.3, -0.25) is 9.79 Å². The smallest absolute Gasteiger partial charge is 0.192 e. The summed E-state index contributed by atoms with van der Waals surface area (Å²) in [6.07, 6.45) is 15.9. The van der Waals surface area contributed by atoms with Crippen molar-refractivity contribution >= 4 is 23.1 Å².